The Hall–Kier alpha value is -1.78. The highest BCUT2D eigenvalue weighted by Crippen LogP contribution is 2.17. The van der Waals surface area contributed by atoms with Gasteiger partial charge in [0.05, 0.1) is 25.7 Å². The van der Waals surface area contributed by atoms with Crippen LogP contribution in [-0.4, -0.2) is 24.6 Å². The Bertz CT molecular complexity index is 414. The standard InChI is InChI=1S/C14H20O5/c1-14(2,3)19-12(15)9-10(13(16)17-4)8-11-6-5-7-18-11/h5-7,10H,8-9H2,1-4H3. The topological polar surface area (TPSA) is 65.7 Å². The second kappa shape index (κ2) is 6.41. The van der Waals surface area contributed by atoms with Crippen LogP contribution < -0.4 is 0 Å². The molecule has 0 fully saturated rings. The third kappa shape index (κ3) is 5.59. The average Bonchev–Trinajstić information content (AvgIpc) is 2.77. The van der Waals surface area contributed by atoms with E-state index in [1.54, 1.807) is 32.9 Å². The van der Waals surface area contributed by atoms with E-state index in [1.165, 1.54) is 13.4 Å². The predicted octanol–water partition coefficient (Wildman–Crippen LogP) is 2.34. The molecule has 0 radical (unpaired) electrons. The van der Waals surface area contributed by atoms with E-state index in [-0.39, 0.29) is 6.42 Å². The molecule has 1 atom stereocenters. The van der Waals surface area contributed by atoms with Crippen molar-refractivity contribution < 1.29 is 23.5 Å². The van der Waals surface area contributed by atoms with Gasteiger partial charge in [0, 0.05) is 6.42 Å². The fraction of sp³-hybridized carbons (Fsp3) is 0.571. The van der Waals surface area contributed by atoms with Crippen molar-refractivity contribution >= 4 is 11.9 Å². The van der Waals surface area contributed by atoms with Gasteiger partial charge in [-0.05, 0) is 32.9 Å². The lowest BCUT2D eigenvalue weighted by Gasteiger charge is -2.21. The van der Waals surface area contributed by atoms with Gasteiger partial charge in [0.1, 0.15) is 11.4 Å². The van der Waals surface area contributed by atoms with Crippen molar-refractivity contribution in [3.63, 3.8) is 0 Å². The van der Waals surface area contributed by atoms with Crippen LogP contribution in [-0.2, 0) is 25.5 Å². The minimum Gasteiger partial charge on any atom is -0.469 e. The summed E-state index contributed by atoms with van der Waals surface area (Å²) in [7, 11) is 1.30. The highest BCUT2D eigenvalue weighted by Gasteiger charge is 2.27. The van der Waals surface area contributed by atoms with Crippen LogP contribution in [0.25, 0.3) is 0 Å². The van der Waals surface area contributed by atoms with E-state index >= 15 is 0 Å². The number of rotatable bonds is 5. The maximum Gasteiger partial charge on any atom is 0.309 e. The summed E-state index contributed by atoms with van der Waals surface area (Å²) in [5.74, 6) is -0.818. The zero-order chi connectivity index (χ0) is 14.5. The molecule has 1 aromatic heterocycles. The summed E-state index contributed by atoms with van der Waals surface area (Å²) in [6.45, 7) is 5.35. The Morgan fingerprint density at radius 3 is 2.53 bits per heavy atom. The maximum atomic E-state index is 11.8. The minimum absolute atomic E-state index is 0.0232. The van der Waals surface area contributed by atoms with Gasteiger partial charge in [-0.25, -0.2) is 0 Å². The van der Waals surface area contributed by atoms with E-state index in [2.05, 4.69) is 0 Å². The largest absolute Gasteiger partial charge is 0.469 e. The van der Waals surface area contributed by atoms with E-state index < -0.39 is 23.5 Å². The second-order valence-electron chi connectivity index (χ2n) is 5.29. The lowest BCUT2D eigenvalue weighted by Crippen LogP contribution is -2.28. The molecule has 5 heteroatoms. The smallest absolute Gasteiger partial charge is 0.309 e. The molecule has 1 unspecified atom stereocenters. The Labute approximate surface area is 112 Å². The lowest BCUT2D eigenvalue weighted by molar-refractivity contribution is -0.160. The molecule has 1 rings (SSSR count). The molecule has 0 aliphatic carbocycles. The molecule has 0 aromatic carbocycles. The van der Waals surface area contributed by atoms with Crippen molar-refractivity contribution in [3.05, 3.63) is 24.2 Å². The molecule has 106 valence electrons. The molecule has 5 nitrogen and oxygen atoms in total. The monoisotopic (exact) mass is 268 g/mol. The van der Waals surface area contributed by atoms with Crippen molar-refractivity contribution in [1.29, 1.82) is 0 Å². The van der Waals surface area contributed by atoms with Crippen LogP contribution >= 0.6 is 0 Å². The number of carbonyl (C=O) groups is 2. The van der Waals surface area contributed by atoms with Gasteiger partial charge in [0.2, 0.25) is 0 Å². The van der Waals surface area contributed by atoms with Crippen LogP contribution in [0.2, 0.25) is 0 Å². The van der Waals surface area contributed by atoms with Gasteiger partial charge in [0.25, 0.3) is 0 Å². The van der Waals surface area contributed by atoms with E-state index in [0.717, 1.165) is 0 Å². The molecule has 1 heterocycles. The number of furan rings is 1. The van der Waals surface area contributed by atoms with Crippen LogP contribution in [0.3, 0.4) is 0 Å². The minimum atomic E-state index is -0.592. The fourth-order valence-corrected chi connectivity index (χ4v) is 1.66. The van der Waals surface area contributed by atoms with E-state index in [0.29, 0.717) is 12.2 Å². The molecule has 0 saturated carbocycles. The van der Waals surface area contributed by atoms with Crippen LogP contribution in [0.5, 0.6) is 0 Å². The molecular formula is C14H20O5. The molecule has 0 aliphatic rings. The van der Waals surface area contributed by atoms with Gasteiger partial charge >= 0.3 is 11.9 Å². The van der Waals surface area contributed by atoms with Crippen molar-refractivity contribution in [2.45, 2.75) is 39.2 Å². The molecule has 19 heavy (non-hydrogen) atoms. The SMILES string of the molecule is COC(=O)C(CC(=O)OC(C)(C)C)Cc1ccco1. The molecule has 0 N–H and O–H groups in total. The number of hydrogen-bond acceptors (Lipinski definition) is 5. The van der Waals surface area contributed by atoms with Crippen LogP contribution in [0.15, 0.2) is 22.8 Å². The quantitative estimate of drug-likeness (QED) is 0.767. The molecule has 0 saturated heterocycles. The Kier molecular flexibility index (Phi) is 5.15. The first-order valence-corrected chi connectivity index (χ1v) is 6.14. The summed E-state index contributed by atoms with van der Waals surface area (Å²) in [6.07, 6.45) is 1.82. The van der Waals surface area contributed by atoms with Gasteiger partial charge in [-0.2, -0.15) is 0 Å². The average molecular weight is 268 g/mol. The van der Waals surface area contributed by atoms with E-state index in [4.69, 9.17) is 13.9 Å². The second-order valence-corrected chi connectivity index (χ2v) is 5.29. The third-order valence-corrected chi connectivity index (χ3v) is 2.40. The predicted molar refractivity (Wildman–Crippen MR) is 68.4 cm³/mol. The molecule has 0 amide bonds. The zero-order valence-corrected chi connectivity index (χ0v) is 11.8. The summed E-state index contributed by atoms with van der Waals surface area (Å²) in [5.41, 5.74) is -0.567. The van der Waals surface area contributed by atoms with Crippen molar-refractivity contribution in [1.82, 2.24) is 0 Å². The van der Waals surface area contributed by atoms with E-state index in [1.807, 2.05) is 0 Å². The maximum absolute atomic E-state index is 11.8. The first-order valence-electron chi connectivity index (χ1n) is 6.14. The molecule has 1 aromatic rings. The Balaban J connectivity index is 2.65. The lowest BCUT2D eigenvalue weighted by atomic mass is 10.00. The molecular weight excluding hydrogens is 248 g/mol. The van der Waals surface area contributed by atoms with Gasteiger partial charge in [0.15, 0.2) is 0 Å². The number of hydrogen-bond donors (Lipinski definition) is 0. The summed E-state index contributed by atoms with van der Waals surface area (Å²) >= 11 is 0. The van der Waals surface area contributed by atoms with Crippen molar-refractivity contribution in [2.24, 2.45) is 5.92 Å². The van der Waals surface area contributed by atoms with Crippen LogP contribution in [0.1, 0.15) is 33.0 Å². The zero-order valence-electron chi connectivity index (χ0n) is 11.8. The van der Waals surface area contributed by atoms with Gasteiger partial charge in [-0.1, -0.05) is 0 Å². The Morgan fingerprint density at radius 1 is 1.37 bits per heavy atom. The van der Waals surface area contributed by atoms with E-state index in [9.17, 15) is 9.59 Å². The van der Waals surface area contributed by atoms with Gasteiger partial charge in [-0.15, -0.1) is 0 Å². The normalized spacial score (nSPS) is 12.8. The summed E-state index contributed by atoms with van der Waals surface area (Å²) in [5, 5.41) is 0. The molecule has 0 bridgehead atoms. The summed E-state index contributed by atoms with van der Waals surface area (Å²) in [6, 6.07) is 3.49. The van der Waals surface area contributed by atoms with Crippen LogP contribution in [0, 0.1) is 5.92 Å². The number of carbonyl (C=O) groups excluding carboxylic acids is 2. The first-order chi connectivity index (χ1) is 8.81. The fourth-order valence-electron chi connectivity index (χ4n) is 1.66. The van der Waals surface area contributed by atoms with Gasteiger partial charge in [-0.3, -0.25) is 9.59 Å². The third-order valence-electron chi connectivity index (χ3n) is 2.40. The first kappa shape index (κ1) is 15.3. The van der Waals surface area contributed by atoms with Crippen molar-refractivity contribution in [2.75, 3.05) is 7.11 Å². The highest BCUT2D eigenvalue weighted by atomic mass is 16.6. The Morgan fingerprint density at radius 2 is 2.05 bits per heavy atom. The number of ether oxygens (including phenoxy) is 2. The van der Waals surface area contributed by atoms with Crippen molar-refractivity contribution in [3.8, 4) is 0 Å². The molecule has 0 spiro atoms. The highest BCUT2D eigenvalue weighted by molar-refractivity contribution is 5.80. The number of esters is 2. The van der Waals surface area contributed by atoms with Crippen LogP contribution in [0.4, 0.5) is 0 Å². The molecule has 0 aliphatic heterocycles. The van der Waals surface area contributed by atoms with Gasteiger partial charge < -0.3 is 13.9 Å². The summed E-state index contributed by atoms with van der Waals surface area (Å²) in [4.78, 5) is 23.4. The number of methoxy groups -OCH3 is 1. The summed E-state index contributed by atoms with van der Waals surface area (Å²) < 4.78 is 15.1.